The van der Waals surface area contributed by atoms with Crippen LogP contribution in [0.5, 0.6) is 0 Å². The maximum absolute atomic E-state index is 13.0. The second-order valence-electron chi connectivity index (χ2n) is 6.36. The van der Waals surface area contributed by atoms with Gasteiger partial charge in [0.1, 0.15) is 0 Å². The maximum atomic E-state index is 13.0. The fourth-order valence-corrected chi connectivity index (χ4v) is 2.82. The molecule has 0 fully saturated rings. The van der Waals surface area contributed by atoms with Crippen molar-refractivity contribution >= 4 is 11.6 Å². The minimum atomic E-state index is -4.23. The molecule has 2 nitrogen and oxygen atoms in total. The number of hydrogen-bond acceptors (Lipinski definition) is 1. The van der Waals surface area contributed by atoms with Gasteiger partial charge >= 0.3 is 6.18 Å². The molecular weight excluding hydrogens is 325 g/mol. The zero-order chi connectivity index (χ0) is 17.4. The van der Waals surface area contributed by atoms with Crippen LogP contribution in [0.1, 0.15) is 31.9 Å². The predicted molar refractivity (Wildman–Crippen MR) is 86.6 cm³/mol. The summed E-state index contributed by atoms with van der Waals surface area (Å²) in [5, 5.41) is 4.74. The molecule has 0 amide bonds. The fraction of sp³-hybridized carbons (Fsp3) is 0.471. The summed E-state index contributed by atoms with van der Waals surface area (Å²) in [4.78, 5) is 0. The Labute approximate surface area is 139 Å². The lowest BCUT2D eigenvalue weighted by Gasteiger charge is -2.28. The molecule has 0 N–H and O–H groups in total. The summed E-state index contributed by atoms with van der Waals surface area (Å²) >= 11 is 6.20. The van der Waals surface area contributed by atoms with Gasteiger partial charge in [-0.05, 0) is 31.4 Å². The molecule has 0 unspecified atom stereocenters. The van der Waals surface area contributed by atoms with Crippen molar-refractivity contribution in [1.29, 1.82) is 0 Å². The highest BCUT2D eigenvalue weighted by Gasteiger charge is 2.46. The van der Waals surface area contributed by atoms with Crippen molar-refractivity contribution in [2.75, 3.05) is 0 Å². The van der Waals surface area contributed by atoms with Crippen LogP contribution < -0.4 is 0 Å². The zero-order valence-corrected chi connectivity index (χ0v) is 14.4. The van der Waals surface area contributed by atoms with Crippen molar-refractivity contribution < 1.29 is 13.2 Å². The number of aromatic nitrogens is 2. The Kier molecular flexibility index (Phi) is 4.81. The normalized spacial score (nSPS) is 12.7. The van der Waals surface area contributed by atoms with E-state index in [1.165, 1.54) is 13.8 Å². The van der Waals surface area contributed by atoms with E-state index in [9.17, 15) is 13.2 Å². The van der Waals surface area contributed by atoms with Gasteiger partial charge in [-0.2, -0.15) is 18.3 Å². The first kappa shape index (κ1) is 17.9. The van der Waals surface area contributed by atoms with Gasteiger partial charge in [0.15, 0.2) is 0 Å². The first-order chi connectivity index (χ1) is 10.6. The first-order valence-electron chi connectivity index (χ1n) is 7.44. The van der Waals surface area contributed by atoms with Gasteiger partial charge in [0.05, 0.1) is 22.3 Å². The largest absolute Gasteiger partial charge is 0.394 e. The fourth-order valence-electron chi connectivity index (χ4n) is 2.58. The van der Waals surface area contributed by atoms with E-state index in [0.29, 0.717) is 17.1 Å². The van der Waals surface area contributed by atoms with Crippen molar-refractivity contribution in [2.45, 2.75) is 46.8 Å². The van der Waals surface area contributed by atoms with Crippen molar-refractivity contribution in [3.05, 3.63) is 40.5 Å². The molecule has 0 saturated carbocycles. The second kappa shape index (κ2) is 6.19. The van der Waals surface area contributed by atoms with E-state index >= 15 is 0 Å². The van der Waals surface area contributed by atoms with Crippen molar-refractivity contribution in [1.82, 2.24) is 9.78 Å². The Morgan fingerprint density at radius 2 is 1.87 bits per heavy atom. The third kappa shape index (κ3) is 3.55. The van der Waals surface area contributed by atoms with Gasteiger partial charge < -0.3 is 0 Å². The molecule has 0 radical (unpaired) electrons. The Bertz CT molecular complexity index is 702. The monoisotopic (exact) mass is 344 g/mol. The minimum Gasteiger partial charge on any atom is -0.264 e. The van der Waals surface area contributed by atoms with Crippen LogP contribution in [-0.4, -0.2) is 16.0 Å². The summed E-state index contributed by atoms with van der Waals surface area (Å²) in [6.45, 7) is 6.95. The number of halogens is 4. The third-order valence-electron chi connectivity index (χ3n) is 4.05. The lowest BCUT2D eigenvalue weighted by molar-refractivity contribution is -0.211. The molecule has 0 aliphatic heterocycles. The average molecular weight is 345 g/mol. The molecular formula is C17H20ClF3N2. The smallest absolute Gasteiger partial charge is 0.264 e. The molecule has 23 heavy (non-hydrogen) atoms. The molecule has 1 aromatic heterocycles. The number of rotatable bonds is 4. The van der Waals surface area contributed by atoms with Gasteiger partial charge in [-0.3, -0.25) is 4.68 Å². The molecule has 0 bridgehead atoms. The standard InChI is InChI=1S/C17H20ClF3N2/c1-5-23-15(14(18)10-22-23)13-7-6-12(8-11(13)2)9-16(3,4)17(19,20)21/h6-8,10H,5,9H2,1-4H3. The van der Waals surface area contributed by atoms with E-state index < -0.39 is 11.6 Å². The molecule has 0 atom stereocenters. The Balaban J connectivity index is 2.37. The SMILES string of the molecule is CCn1ncc(Cl)c1-c1ccc(CC(C)(C)C(F)(F)F)cc1C. The van der Waals surface area contributed by atoms with Gasteiger partial charge in [0.25, 0.3) is 0 Å². The van der Waals surface area contributed by atoms with Crippen LogP contribution in [0, 0.1) is 12.3 Å². The highest BCUT2D eigenvalue weighted by molar-refractivity contribution is 6.33. The Hall–Kier alpha value is -1.49. The van der Waals surface area contributed by atoms with Gasteiger partial charge in [-0.25, -0.2) is 0 Å². The molecule has 2 aromatic rings. The summed E-state index contributed by atoms with van der Waals surface area (Å²) in [7, 11) is 0. The van der Waals surface area contributed by atoms with E-state index in [-0.39, 0.29) is 6.42 Å². The summed E-state index contributed by atoms with van der Waals surface area (Å²) in [5.74, 6) is 0. The molecule has 0 aliphatic carbocycles. The van der Waals surface area contributed by atoms with E-state index in [0.717, 1.165) is 16.8 Å². The molecule has 2 rings (SSSR count). The van der Waals surface area contributed by atoms with Gasteiger partial charge in [0, 0.05) is 12.1 Å². The average Bonchev–Trinajstić information content (AvgIpc) is 2.78. The van der Waals surface area contributed by atoms with Gasteiger partial charge in [0.2, 0.25) is 0 Å². The van der Waals surface area contributed by atoms with E-state index in [4.69, 9.17) is 11.6 Å². The number of benzene rings is 1. The van der Waals surface area contributed by atoms with Crippen LogP contribution in [0.15, 0.2) is 24.4 Å². The lowest BCUT2D eigenvalue weighted by atomic mass is 9.84. The Morgan fingerprint density at radius 3 is 2.39 bits per heavy atom. The molecule has 1 heterocycles. The van der Waals surface area contributed by atoms with Crippen molar-refractivity contribution in [2.24, 2.45) is 5.41 Å². The molecule has 0 aliphatic rings. The topological polar surface area (TPSA) is 17.8 Å². The highest BCUT2D eigenvalue weighted by Crippen LogP contribution is 2.40. The summed E-state index contributed by atoms with van der Waals surface area (Å²) in [6, 6.07) is 5.36. The maximum Gasteiger partial charge on any atom is 0.394 e. The highest BCUT2D eigenvalue weighted by atomic mass is 35.5. The zero-order valence-electron chi connectivity index (χ0n) is 13.6. The third-order valence-corrected chi connectivity index (χ3v) is 4.33. The molecule has 0 spiro atoms. The van der Waals surface area contributed by atoms with Crippen LogP contribution in [0.25, 0.3) is 11.3 Å². The summed E-state index contributed by atoms with van der Waals surface area (Å²) in [6.07, 6.45) is -2.71. The van der Waals surface area contributed by atoms with Crippen molar-refractivity contribution in [3.63, 3.8) is 0 Å². The minimum absolute atomic E-state index is 0.0572. The number of nitrogens with zero attached hydrogens (tertiary/aromatic N) is 2. The van der Waals surface area contributed by atoms with E-state index in [1.807, 2.05) is 19.9 Å². The van der Waals surface area contributed by atoms with Gasteiger partial charge in [-0.15, -0.1) is 0 Å². The predicted octanol–water partition coefficient (Wildman–Crippen LogP) is 5.66. The summed E-state index contributed by atoms with van der Waals surface area (Å²) < 4.78 is 40.9. The summed E-state index contributed by atoms with van der Waals surface area (Å²) in [5.41, 5.74) is 1.48. The van der Waals surface area contributed by atoms with E-state index in [2.05, 4.69) is 5.10 Å². The number of alkyl halides is 3. The number of hydrogen-bond donors (Lipinski definition) is 0. The Morgan fingerprint density at radius 1 is 1.22 bits per heavy atom. The van der Waals surface area contributed by atoms with Crippen LogP contribution >= 0.6 is 11.6 Å². The molecule has 1 aromatic carbocycles. The van der Waals surface area contributed by atoms with Crippen LogP contribution in [0.2, 0.25) is 5.02 Å². The lowest BCUT2D eigenvalue weighted by Crippen LogP contribution is -2.34. The van der Waals surface area contributed by atoms with Gasteiger partial charge in [-0.1, -0.05) is 43.6 Å². The van der Waals surface area contributed by atoms with Crippen LogP contribution in [0.3, 0.4) is 0 Å². The first-order valence-corrected chi connectivity index (χ1v) is 7.82. The van der Waals surface area contributed by atoms with Crippen LogP contribution in [-0.2, 0) is 13.0 Å². The molecule has 0 saturated heterocycles. The molecule has 6 heteroatoms. The number of aryl methyl sites for hydroxylation is 2. The quantitative estimate of drug-likeness (QED) is 0.699. The van der Waals surface area contributed by atoms with Crippen molar-refractivity contribution in [3.8, 4) is 11.3 Å². The molecule has 126 valence electrons. The van der Waals surface area contributed by atoms with Crippen LogP contribution in [0.4, 0.5) is 13.2 Å². The van der Waals surface area contributed by atoms with E-state index in [1.54, 1.807) is 23.0 Å². The second-order valence-corrected chi connectivity index (χ2v) is 6.77.